The molecule has 1 saturated carbocycles. The van der Waals surface area contributed by atoms with Gasteiger partial charge >= 0.3 is 5.97 Å². The van der Waals surface area contributed by atoms with Crippen molar-refractivity contribution in [2.24, 2.45) is 0 Å². The lowest BCUT2D eigenvalue weighted by molar-refractivity contribution is -0.140. The molecule has 0 amide bonds. The summed E-state index contributed by atoms with van der Waals surface area (Å²) in [4.78, 5) is 11.0. The van der Waals surface area contributed by atoms with E-state index >= 15 is 0 Å². The van der Waals surface area contributed by atoms with Crippen molar-refractivity contribution in [1.29, 1.82) is 0 Å². The second-order valence-electron chi connectivity index (χ2n) is 3.20. The van der Waals surface area contributed by atoms with Gasteiger partial charge in [-0.25, -0.2) is 4.79 Å². The summed E-state index contributed by atoms with van der Waals surface area (Å²) in [5.41, 5.74) is 0.643. The molecule has 0 saturated heterocycles. The highest BCUT2D eigenvalue weighted by Gasteiger charge is 2.17. The molecule has 0 aliphatic heterocycles. The van der Waals surface area contributed by atoms with Crippen LogP contribution >= 0.6 is 0 Å². The Balaban J connectivity index is 2.60. The molecule has 0 N–H and O–H groups in total. The fraction of sp³-hybridized carbons (Fsp3) is 0.700. The maximum Gasteiger partial charge on any atom is 0.367 e. The van der Waals surface area contributed by atoms with E-state index in [1.165, 1.54) is 0 Å². The van der Waals surface area contributed by atoms with E-state index in [2.05, 4.69) is 4.74 Å². The van der Waals surface area contributed by atoms with Crippen LogP contribution in [0, 0.1) is 0 Å². The van der Waals surface area contributed by atoms with E-state index in [4.69, 9.17) is 0 Å². The molecule has 0 bridgehead atoms. The summed E-state index contributed by atoms with van der Waals surface area (Å²) in [6, 6.07) is 0. The van der Waals surface area contributed by atoms with Gasteiger partial charge in [0.05, 0.1) is 6.61 Å². The average Bonchev–Trinajstić information content (AvgIpc) is 2.18. The predicted octanol–water partition coefficient (Wildman–Crippen LogP) is 2.74. The molecule has 0 radical (unpaired) electrons. The zero-order chi connectivity index (χ0) is 9.68. The summed E-state index contributed by atoms with van der Waals surface area (Å²) < 4.78 is 17.9. The van der Waals surface area contributed by atoms with Crippen molar-refractivity contribution < 1.29 is 13.9 Å². The van der Waals surface area contributed by atoms with Crippen LogP contribution in [-0.2, 0) is 9.53 Å². The van der Waals surface area contributed by atoms with E-state index in [9.17, 15) is 9.18 Å². The van der Waals surface area contributed by atoms with Gasteiger partial charge in [0, 0.05) is 0 Å². The molecular weight excluding hydrogens is 171 g/mol. The summed E-state index contributed by atoms with van der Waals surface area (Å²) in [6.45, 7) is 1.91. The van der Waals surface area contributed by atoms with Crippen molar-refractivity contribution in [2.75, 3.05) is 6.61 Å². The first kappa shape index (κ1) is 10.2. The highest BCUT2D eigenvalue weighted by Crippen LogP contribution is 2.26. The summed E-state index contributed by atoms with van der Waals surface area (Å²) in [6.07, 6.45) is 4.54. The fourth-order valence-electron chi connectivity index (χ4n) is 1.54. The molecule has 2 nitrogen and oxygen atoms in total. The number of rotatable bonds is 2. The molecule has 3 heteroatoms. The Labute approximate surface area is 77.8 Å². The van der Waals surface area contributed by atoms with Crippen LogP contribution in [0.1, 0.15) is 39.0 Å². The average molecular weight is 186 g/mol. The Hall–Kier alpha value is -0.860. The van der Waals surface area contributed by atoms with E-state index < -0.39 is 11.8 Å². The molecule has 1 rings (SSSR count). The molecule has 0 atom stereocenters. The number of hydrogen-bond acceptors (Lipinski definition) is 2. The van der Waals surface area contributed by atoms with Crippen LogP contribution < -0.4 is 0 Å². The van der Waals surface area contributed by atoms with Gasteiger partial charge in [0.1, 0.15) is 0 Å². The van der Waals surface area contributed by atoms with Gasteiger partial charge in [-0.15, -0.1) is 0 Å². The molecule has 0 aromatic heterocycles. The van der Waals surface area contributed by atoms with E-state index in [0.29, 0.717) is 18.4 Å². The minimum atomic E-state index is -0.792. The van der Waals surface area contributed by atoms with Crippen LogP contribution in [0.5, 0.6) is 0 Å². The van der Waals surface area contributed by atoms with Crippen LogP contribution in [-0.4, -0.2) is 12.6 Å². The summed E-state index contributed by atoms with van der Waals surface area (Å²) in [7, 11) is 0. The topological polar surface area (TPSA) is 26.3 Å². The predicted molar refractivity (Wildman–Crippen MR) is 47.9 cm³/mol. The number of esters is 1. The van der Waals surface area contributed by atoms with Crippen LogP contribution in [0.15, 0.2) is 11.4 Å². The molecule has 1 aliphatic carbocycles. The SMILES string of the molecule is CCOC(=O)C(F)=C1CCCCC1. The van der Waals surface area contributed by atoms with Gasteiger partial charge in [-0.05, 0) is 38.2 Å². The molecule has 1 aliphatic rings. The minimum Gasteiger partial charge on any atom is -0.461 e. The molecule has 13 heavy (non-hydrogen) atoms. The maximum absolute atomic E-state index is 13.3. The Morgan fingerprint density at radius 2 is 2.00 bits per heavy atom. The van der Waals surface area contributed by atoms with Crippen molar-refractivity contribution in [2.45, 2.75) is 39.0 Å². The lowest BCUT2D eigenvalue weighted by atomic mass is 9.94. The van der Waals surface area contributed by atoms with Gasteiger partial charge in [0.15, 0.2) is 0 Å². The summed E-state index contributed by atoms with van der Waals surface area (Å²) in [5, 5.41) is 0. The molecule has 0 unspecified atom stereocenters. The van der Waals surface area contributed by atoms with Crippen molar-refractivity contribution in [1.82, 2.24) is 0 Å². The largest absolute Gasteiger partial charge is 0.461 e. The molecular formula is C10H15FO2. The first-order valence-corrected chi connectivity index (χ1v) is 4.80. The summed E-state index contributed by atoms with van der Waals surface area (Å²) >= 11 is 0. The number of carbonyl (C=O) groups excluding carboxylic acids is 1. The van der Waals surface area contributed by atoms with Gasteiger partial charge in [0.25, 0.3) is 0 Å². The maximum atomic E-state index is 13.3. The number of ether oxygens (including phenoxy) is 1. The van der Waals surface area contributed by atoms with Crippen LogP contribution in [0.25, 0.3) is 0 Å². The zero-order valence-electron chi connectivity index (χ0n) is 7.94. The van der Waals surface area contributed by atoms with Crippen LogP contribution in [0.4, 0.5) is 4.39 Å². The monoisotopic (exact) mass is 186 g/mol. The lowest BCUT2D eigenvalue weighted by Gasteiger charge is -2.13. The Morgan fingerprint density at radius 3 is 2.54 bits per heavy atom. The molecule has 1 fully saturated rings. The van der Waals surface area contributed by atoms with Gasteiger partial charge in [0.2, 0.25) is 5.83 Å². The first-order valence-electron chi connectivity index (χ1n) is 4.80. The van der Waals surface area contributed by atoms with Gasteiger partial charge < -0.3 is 4.74 Å². The number of halogens is 1. The van der Waals surface area contributed by atoms with E-state index in [-0.39, 0.29) is 6.61 Å². The molecule has 0 heterocycles. The molecule has 0 aromatic rings. The van der Waals surface area contributed by atoms with Crippen LogP contribution in [0.2, 0.25) is 0 Å². The summed E-state index contributed by atoms with van der Waals surface area (Å²) in [5.74, 6) is -1.44. The fourth-order valence-corrected chi connectivity index (χ4v) is 1.54. The van der Waals surface area contributed by atoms with Crippen LogP contribution in [0.3, 0.4) is 0 Å². The standard InChI is InChI=1S/C10H15FO2/c1-2-13-10(12)9(11)8-6-4-3-5-7-8/h2-7H2,1H3. The van der Waals surface area contributed by atoms with Gasteiger partial charge in [-0.2, -0.15) is 4.39 Å². The quantitative estimate of drug-likeness (QED) is 0.489. The normalized spacial score (nSPS) is 16.9. The van der Waals surface area contributed by atoms with Crippen molar-refractivity contribution >= 4 is 5.97 Å². The highest BCUT2D eigenvalue weighted by atomic mass is 19.1. The van der Waals surface area contributed by atoms with Crippen molar-refractivity contribution in [3.8, 4) is 0 Å². The molecule has 74 valence electrons. The Bertz CT molecular complexity index is 213. The van der Waals surface area contributed by atoms with E-state index in [1.54, 1.807) is 6.92 Å². The van der Waals surface area contributed by atoms with E-state index in [1.807, 2.05) is 0 Å². The third-order valence-corrected chi connectivity index (χ3v) is 2.22. The number of carbonyl (C=O) groups is 1. The lowest BCUT2D eigenvalue weighted by Crippen LogP contribution is -2.08. The Morgan fingerprint density at radius 1 is 1.38 bits per heavy atom. The van der Waals surface area contributed by atoms with Gasteiger partial charge in [-0.1, -0.05) is 6.42 Å². The third-order valence-electron chi connectivity index (χ3n) is 2.22. The number of hydrogen-bond donors (Lipinski definition) is 0. The second kappa shape index (κ2) is 5.00. The minimum absolute atomic E-state index is 0.236. The third kappa shape index (κ3) is 2.83. The molecule has 0 aromatic carbocycles. The van der Waals surface area contributed by atoms with Crippen molar-refractivity contribution in [3.63, 3.8) is 0 Å². The van der Waals surface area contributed by atoms with Gasteiger partial charge in [-0.3, -0.25) is 0 Å². The van der Waals surface area contributed by atoms with Crippen molar-refractivity contribution in [3.05, 3.63) is 11.4 Å². The first-order chi connectivity index (χ1) is 6.25. The number of allylic oxidation sites excluding steroid dienone is 1. The second-order valence-corrected chi connectivity index (χ2v) is 3.20. The molecule has 0 spiro atoms. The highest BCUT2D eigenvalue weighted by molar-refractivity contribution is 5.86. The Kier molecular flexibility index (Phi) is 3.93. The zero-order valence-corrected chi connectivity index (χ0v) is 7.94. The van der Waals surface area contributed by atoms with E-state index in [0.717, 1.165) is 19.3 Å². The smallest absolute Gasteiger partial charge is 0.367 e.